The molecule has 106 valence electrons. The Balaban J connectivity index is 1.98. The van der Waals surface area contributed by atoms with Crippen LogP contribution < -0.4 is 4.74 Å². The average Bonchev–Trinajstić information content (AvgIpc) is 2.47. The minimum atomic E-state index is -0.546. The average molecular weight is 284 g/mol. The molecule has 0 aliphatic carbocycles. The van der Waals surface area contributed by atoms with Crippen LogP contribution in [0.1, 0.15) is 22.8 Å². The minimum absolute atomic E-state index is 0.0518. The van der Waals surface area contributed by atoms with E-state index in [2.05, 4.69) is 0 Å². The van der Waals surface area contributed by atoms with Crippen LogP contribution in [0.4, 0.5) is 4.39 Å². The fraction of sp³-hybridized carbons (Fsp3) is 0.0588. The molecule has 0 aromatic heterocycles. The summed E-state index contributed by atoms with van der Waals surface area (Å²) < 4.78 is 17.8. The first-order chi connectivity index (χ1) is 10.0. The lowest BCUT2D eigenvalue weighted by atomic mass is 10.1. The van der Waals surface area contributed by atoms with Gasteiger partial charge in [-0.25, -0.2) is 9.18 Å². The van der Waals surface area contributed by atoms with Crippen molar-refractivity contribution in [1.82, 2.24) is 0 Å². The molecule has 0 saturated heterocycles. The van der Waals surface area contributed by atoms with Gasteiger partial charge in [0.05, 0.1) is 0 Å². The van der Waals surface area contributed by atoms with E-state index in [4.69, 9.17) is 4.74 Å². The van der Waals surface area contributed by atoms with Crippen molar-refractivity contribution in [2.75, 3.05) is 0 Å². The molecule has 0 spiro atoms. The van der Waals surface area contributed by atoms with Gasteiger partial charge in [-0.05, 0) is 55.0 Å². The second-order valence-electron chi connectivity index (χ2n) is 4.39. The quantitative estimate of drug-likeness (QED) is 0.372. The van der Waals surface area contributed by atoms with Crippen molar-refractivity contribution in [1.29, 1.82) is 0 Å². The Morgan fingerprint density at radius 3 is 2.19 bits per heavy atom. The third-order valence-electron chi connectivity index (χ3n) is 2.76. The fourth-order valence-electron chi connectivity index (χ4n) is 1.65. The summed E-state index contributed by atoms with van der Waals surface area (Å²) >= 11 is 0. The van der Waals surface area contributed by atoms with E-state index in [1.54, 1.807) is 36.4 Å². The van der Waals surface area contributed by atoms with E-state index in [9.17, 15) is 14.0 Å². The number of Topliss-reactive ketones (excluding diaryl/α,β-unsaturated/α-hetero) is 1. The zero-order valence-electron chi connectivity index (χ0n) is 11.4. The van der Waals surface area contributed by atoms with Crippen molar-refractivity contribution in [2.24, 2.45) is 0 Å². The second kappa shape index (κ2) is 6.61. The van der Waals surface area contributed by atoms with Crippen molar-refractivity contribution in [2.45, 2.75) is 6.92 Å². The Hall–Kier alpha value is -2.75. The first kappa shape index (κ1) is 14.7. The lowest BCUT2D eigenvalue weighted by Crippen LogP contribution is -2.03. The molecule has 3 nitrogen and oxygen atoms in total. The maximum absolute atomic E-state index is 12.7. The van der Waals surface area contributed by atoms with Gasteiger partial charge in [-0.2, -0.15) is 0 Å². The molecule has 2 rings (SSSR count). The zero-order valence-corrected chi connectivity index (χ0v) is 11.4. The second-order valence-corrected chi connectivity index (χ2v) is 4.39. The lowest BCUT2D eigenvalue weighted by molar-refractivity contribution is -0.128. The molecule has 4 heteroatoms. The van der Waals surface area contributed by atoms with Crippen LogP contribution in [0.15, 0.2) is 54.6 Å². The SMILES string of the molecule is CC(=O)c1ccc(OC(=O)/C=C/c2ccc(F)cc2)cc1. The number of benzene rings is 2. The molecule has 0 fully saturated rings. The Kier molecular flexibility index (Phi) is 4.61. The van der Waals surface area contributed by atoms with E-state index >= 15 is 0 Å². The Morgan fingerprint density at radius 1 is 1.00 bits per heavy atom. The Bertz CT molecular complexity index is 670. The molecular weight excluding hydrogens is 271 g/mol. The lowest BCUT2D eigenvalue weighted by Gasteiger charge is -2.02. The van der Waals surface area contributed by atoms with Gasteiger partial charge in [0.2, 0.25) is 0 Å². The van der Waals surface area contributed by atoms with Crippen LogP contribution in [-0.4, -0.2) is 11.8 Å². The summed E-state index contributed by atoms with van der Waals surface area (Å²) in [5.41, 5.74) is 1.25. The molecule has 21 heavy (non-hydrogen) atoms. The summed E-state index contributed by atoms with van der Waals surface area (Å²) in [6.45, 7) is 1.46. The summed E-state index contributed by atoms with van der Waals surface area (Å²) in [6.07, 6.45) is 2.79. The molecule has 0 N–H and O–H groups in total. The summed E-state index contributed by atoms with van der Waals surface area (Å²) in [6, 6.07) is 12.0. The van der Waals surface area contributed by atoms with Crippen LogP contribution in [0.3, 0.4) is 0 Å². The van der Waals surface area contributed by atoms with Gasteiger partial charge in [0.15, 0.2) is 5.78 Å². The Labute approximate surface area is 121 Å². The van der Waals surface area contributed by atoms with Crippen molar-refractivity contribution < 1.29 is 18.7 Å². The third-order valence-corrected chi connectivity index (χ3v) is 2.76. The molecule has 0 heterocycles. The highest BCUT2D eigenvalue weighted by molar-refractivity contribution is 5.94. The van der Waals surface area contributed by atoms with Crippen LogP contribution in [0.5, 0.6) is 5.75 Å². The first-order valence-electron chi connectivity index (χ1n) is 6.31. The van der Waals surface area contributed by atoms with E-state index in [0.717, 1.165) is 0 Å². The number of carbonyl (C=O) groups is 2. The molecule has 0 amide bonds. The van der Waals surface area contributed by atoms with E-state index in [-0.39, 0.29) is 11.6 Å². The number of hydrogen-bond donors (Lipinski definition) is 0. The maximum Gasteiger partial charge on any atom is 0.336 e. The van der Waals surface area contributed by atoms with Crippen molar-refractivity contribution in [3.05, 3.63) is 71.6 Å². The number of rotatable bonds is 4. The van der Waals surface area contributed by atoms with Gasteiger partial charge >= 0.3 is 5.97 Å². The molecule has 0 aliphatic rings. The molecule has 2 aromatic rings. The van der Waals surface area contributed by atoms with Crippen molar-refractivity contribution in [3.8, 4) is 5.75 Å². The normalized spacial score (nSPS) is 10.6. The summed E-state index contributed by atoms with van der Waals surface area (Å²) in [5, 5.41) is 0. The largest absolute Gasteiger partial charge is 0.423 e. The highest BCUT2D eigenvalue weighted by Crippen LogP contribution is 2.13. The van der Waals surface area contributed by atoms with Gasteiger partial charge in [-0.3, -0.25) is 4.79 Å². The van der Waals surface area contributed by atoms with Crippen LogP contribution in [0, 0.1) is 5.82 Å². The zero-order chi connectivity index (χ0) is 15.2. The van der Waals surface area contributed by atoms with E-state index in [1.165, 1.54) is 31.2 Å². The molecule has 0 atom stereocenters. The molecular formula is C17H13FO3. The molecule has 0 aliphatic heterocycles. The predicted octanol–water partition coefficient (Wildman–Crippen LogP) is 3.65. The van der Waals surface area contributed by atoms with Crippen LogP contribution in [0.2, 0.25) is 0 Å². The van der Waals surface area contributed by atoms with Crippen molar-refractivity contribution >= 4 is 17.8 Å². The topological polar surface area (TPSA) is 43.4 Å². The number of carbonyl (C=O) groups excluding carboxylic acids is 2. The summed E-state index contributed by atoms with van der Waals surface area (Å²) in [7, 11) is 0. The smallest absolute Gasteiger partial charge is 0.336 e. The van der Waals surface area contributed by atoms with Gasteiger partial charge < -0.3 is 4.74 Å². The molecule has 0 bridgehead atoms. The highest BCUT2D eigenvalue weighted by Gasteiger charge is 2.03. The monoisotopic (exact) mass is 284 g/mol. The van der Waals surface area contributed by atoms with E-state index < -0.39 is 5.97 Å². The third kappa shape index (κ3) is 4.38. The number of ether oxygens (including phenoxy) is 1. The Morgan fingerprint density at radius 2 is 1.62 bits per heavy atom. The molecule has 2 aromatic carbocycles. The standard InChI is InChI=1S/C17H13FO3/c1-12(19)14-5-9-16(10-6-14)21-17(20)11-4-13-2-7-15(18)8-3-13/h2-11H,1H3/b11-4+. The van der Waals surface area contributed by atoms with Gasteiger partial charge in [-0.15, -0.1) is 0 Å². The van der Waals surface area contributed by atoms with Crippen LogP contribution >= 0.6 is 0 Å². The fourth-order valence-corrected chi connectivity index (χ4v) is 1.65. The number of hydrogen-bond acceptors (Lipinski definition) is 3. The highest BCUT2D eigenvalue weighted by atomic mass is 19.1. The number of ketones is 1. The van der Waals surface area contributed by atoms with Gasteiger partial charge in [0.25, 0.3) is 0 Å². The van der Waals surface area contributed by atoms with Gasteiger partial charge in [0, 0.05) is 11.6 Å². The summed E-state index contributed by atoms with van der Waals surface area (Å²) in [4.78, 5) is 22.7. The summed E-state index contributed by atoms with van der Waals surface area (Å²) in [5.74, 6) is -0.576. The van der Waals surface area contributed by atoms with Crippen LogP contribution in [0.25, 0.3) is 6.08 Å². The van der Waals surface area contributed by atoms with Crippen molar-refractivity contribution in [3.63, 3.8) is 0 Å². The number of esters is 1. The molecule has 0 saturated carbocycles. The maximum atomic E-state index is 12.7. The molecule has 0 radical (unpaired) electrons. The molecule has 0 unspecified atom stereocenters. The van der Waals surface area contributed by atoms with Crippen LogP contribution in [-0.2, 0) is 4.79 Å². The van der Waals surface area contributed by atoms with Gasteiger partial charge in [-0.1, -0.05) is 12.1 Å². The van der Waals surface area contributed by atoms with Gasteiger partial charge in [0.1, 0.15) is 11.6 Å². The van der Waals surface area contributed by atoms with E-state index in [1.807, 2.05) is 0 Å². The van der Waals surface area contributed by atoms with E-state index in [0.29, 0.717) is 16.9 Å². The minimum Gasteiger partial charge on any atom is -0.423 e. The number of halogens is 1. The predicted molar refractivity (Wildman–Crippen MR) is 77.5 cm³/mol. The first-order valence-corrected chi connectivity index (χ1v) is 6.31.